The van der Waals surface area contributed by atoms with Gasteiger partial charge in [-0.3, -0.25) is 15.1 Å². The molecule has 1 atom stereocenters. The lowest BCUT2D eigenvalue weighted by Gasteiger charge is -2.34. The van der Waals surface area contributed by atoms with Gasteiger partial charge in [0.1, 0.15) is 11.5 Å². The first-order chi connectivity index (χ1) is 12.3. The maximum atomic E-state index is 12.1. The van der Waals surface area contributed by atoms with Gasteiger partial charge in [-0.25, -0.2) is 5.43 Å². The Balaban J connectivity index is 1.51. The first-order valence-electron chi connectivity index (χ1n) is 9.01. The Labute approximate surface area is 146 Å². The van der Waals surface area contributed by atoms with E-state index in [0.29, 0.717) is 5.56 Å². The number of carbonyl (C=O) groups is 1. The van der Waals surface area contributed by atoms with Crippen molar-refractivity contribution in [3.63, 3.8) is 0 Å². The van der Waals surface area contributed by atoms with Crippen molar-refractivity contribution >= 4 is 5.91 Å². The summed E-state index contributed by atoms with van der Waals surface area (Å²) in [6.45, 7) is 3.33. The molecule has 2 aromatic carbocycles. The molecule has 0 bridgehead atoms. The smallest absolute Gasteiger partial charge is 0.265 e. The lowest BCUT2D eigenvalue weighted by Crippen LogP contribution is -2.46. The van der Waals surface area contributed by atoms with Gasteiger partial charge in [-0.15, -0.1) is 0 Å². The first kappa shape index (κ1) is 14.9. The number of piperidine rings is 1. The number of amides is 1. The highest BCUT2D eigenvalue weighted by Crippen LogP contribution is 2.45. The topological polar surface area (TPSA) is 53.6 Å². The van der Waals surface area contributed by atoms with Crippen LogP contribution in [0.15, 0.2) is 36.4 Å². The fourth-order valence-electron chi connectivity index (χ4n) is 4.15. The molecule has 3 aliphatic rings. The molecule has 2 N–H and O–H groups in total. The van der Waals surface area contributed by atoms with Crippen molar-refractivity contribution < 1.29 is 9.53 Å². The summed E-state index contributed by atoms with van der Waals surface area (Å²) < 4.78 is 6.08. The summed E-state index contributed by atoms with van der Waals surface area (Å²) in [6.07, 6.45) is 3.93. The molecule has 5 heteroatoms. The molecule has 0 aromatic heterocycles. The van der Waals surface area contributed by atoms with Gasteiger partial charge in [0.25, 0.3) is 5.91 Å². The monoisotopic (exact) mass is 335 g/mol. The zero-order chi connectivity index (χ0) is 16.8. The number of rotatable bonds is 2. The SMILES string of the molecule is O=C1NNC2c3cc(CN4CCCCC4)ccc3Oc3cccc1c32. The van der Waals surface area contributed by atoms with E-state index in [1.54, 1.807) is 0 Å². The number of ether oxygens (including phenoxy) is 1. The summed E-state index contributed by atoms with van der Waals surface area (Å²) in [5.41, 5.74) is 9.96. The predicted molar refractivity (Wildman–Crippen MR) is 94.5 cm³/mol. The van der Waals surface area contributed by atoms with Crippen molar-refractivity contribution in [2.24, 2.45) is 0 Å². The summed E-state index contributed by atoms with van der Waals surface area (Å²) in [5, 5.41) is 0. The van der Waals surface area contributed by atoms with E-state index in [-0.39, 0.29) is 11.9 Å². The zero-order valence-corrected chi connectivity index (χ0v) is 14.0. The number of nitrogens with zero attached hydrogens (tertiary/aromatic N) is 1. The third-order valence-corrected chi connectivity index (χ3v) is 5.39. The molecule has 5 nitrogen and oxygen atoms in total. The molecule has 1 saturated heterocycles. The standard InChI is InChI=1S/C20H21N3O2/c24-20-14-5-4-6-17-18(14)19(21-22-20)15-11-13(7-8-16(15)25-17)12-23-9-2-1-3-10-23/h4-8,11,19,21H,1-3,9-10,12H2,(H,22,24). The summed E-state index contributed by atoms with van der Waals surface area (Å²) in [6, 6.07) is 12.0. The van der Waals surface area contributed by atoms with Crippen LogP contribution in [0, 0.1) is 0 Å². The first-order valence-corrected chi connectivity index (χ1v) is 9.01. The van der Waals surface area contributed by atoms with E-state index in [1.807, 2.05) is 18.2 Å². The van der Waals surface area contributed by atoms with E-state index < -0.39 is 0 Å². The molecule has 0 radical (unpaired) electrons. The second kappa shape index (κ2) is 5.86. The molecule has 0 aliphatic carbocycles. The van der Waals surface area contributed by atoms with Crippen LogP contribution in [0.5, 0.6) is 11.5 Å². The van der Waals surface area contributed by atoms with Gasteiger partial charge in [-0.05, 0) is 55.8 Å². The molecule has 128 valence electrons. The third-order valence-electron chi connectivity index (χ3n) is 5.39. The van der Waals surface area contributed by atoms with Gasteiger partial charge >= 0.3 is 0 Å². The van der Waals surface area contributed by atoms with Crippen LogP contribution in [0.4, 0.5) is 0 Å². The van der Waals surface area contributed by atoms with E-state index in [0.717, 1.165) is 29.2 Å². The third kappa shape index (κ3) is 2.51. The van der Waals surface area contributed by atoms with E-state index in [4.69, 9.17) is 4.74 Å². The highest BCUT2D eigenvalue weighted by Gasteiger charge is 2.35. The quantitative estimate of drug-likeness (QED) is 0.885. The van der Waals surface area contributed by atoms with E-state index in [1.165, 1.54) is 37.9 Å². The largest absolute Gasteiger partial charge is 0.457 e. The van der Waals surface area contributed by atoms with Crippen LogP contribution in [0.1, 0.15) is 52.4 Å². The maximum absolute atomic E-state index is 12.1. The van der Waals surface area contributed by atoms with Gasteiger partial charge in [0.2, 0.25) is 0 Å². The van der Waals surface area contributed by atoms with Crippen LogP contribution >= 0.6 is 0 Å². The zero-order valence-electron chi connectivity index (χ0n) is 14.0. The number of benzene rings is 2. The number of hydrogen-bond donors (Lipinski definition) is 2. The lowest BCUT2D eigenvalue weighted by atomic mass is 9.89. The van der Waals surface area contributed by atoms with Crippen LogP contribution in [-0.2, 0) is 6.54 Å². The number of nitrogens with one attached hydrogen (secondary N) is 2. The second-order valence-electron chi connectivity index (χ2n) is 7.06. The Bertz CT molecular complexity index is 843. The van der Waals surface area contributed by atoms with Gasteiger partial charge in [-0.2, -0.15) is 0 Å². The predicted octanol–water partition coefficient (Wildman–Crippen LogP) is 3.12. The van der Waals surface area contributed by atoms with Gasteiger partial charge in [0.15, 0.2) is 0 Å². The van der Waals surface area contributed by atoms with E-state index >= 15 is 0 Å². The van der Waals surface area contributed by atoms with Crippen molar-refractivity contribution in [1.29, 1.82) is 0 Å². The molecule has 3 aliphatic heterocycles. The van der Waals surface area contributed by atoms with Crippen molar-refractivity contribution in [1.82, 2.24) is 15.8 Å². The summed E-state index contributed by atoms with van der Waals surface area (Å²) >= 11 is 0. The van der Waals surface area contributed by atoms with Gasteiger partial charge in [0, 0.05) is 23.2 Å². The molecule has 0 spiro atoms. The highest BCUT2D eigenvalue weighted by molar-refractivity contribution is 5.97. The molecule has 1 amide bonds. The molecular formula is C20H21N3O2. The Morgan fingerprint density at radius 3 is 2.84 bits per heavy atom. The van der Waals surface area contributed by atoms with Crippen LogP contribution in [0.25, 0.3) is 0 Å². The maximum Gasteiger partial charge on any atom is 0.265 e. The number of hydrazine groups is 1. The van der Waals surface area contributed by atoms with Crippen molar-refractivity contribution in [2.45, 2.75) is 31.8 Å². The summed E-state index contributed by atoms with van der Waals surface area (Å²) in [7, 11) is 0. The number of hydrogen-bond acceptors (Lipinski definition) is 4. The fraction of sp³-hybridized carbons (Fsp3) is 0.350. The van der Waals surface area contributed by atoms with Crippen molar-refractivity contribution in [3.8, 4) is 11.5 Å². The number of carbonyl (C=O) groups excluding carboxylic acids is 1. The van der Waals surface area contributed by atoms with Crippen molar-refractivity contribution in [2.75, 3.05) is 13.1 Å². The molecule has 1 fully saturated rings. The Morgan fingerprint density at radius 2 is 1.96 bits per heavy atom. The van der Waals surface area contributed by atoms with Gasteiger partial charge in [-0.1, -0.05) is 18.6 Å². The van der Waals surface area contributed by atoms with Gasteiger partial charge < -0.3 is 4.74 Å². The molecule has 3 heterocycles. The lowest BCUT2D eigenvalue weighted by molar-refractivity contribution is 0.0910. The van der Waals surface area contributed by atoms with Crippen molar-refractivity contribution in [3.05, 3.63) is 58.7 Å². The fourth-order valence-corrected chi connectivity index (χ4v) is 4.15. The Morgan fingerprint density at radius 1 is 1.08 bits per heavy atom. The molecule has 2 aromatic rings. The molecule has 25 heavy (non-hydrogen) atoms. The molecule has 0 saturated carbocycles. The minimum Gasteiger partial charge on any atom is -0.457 e. The van der Waals surface area contributed by atoms with E-state index in [2.05, 4.69) is 34.0 Å². The molecule has 5 rings (SSSR count). The average molecular weight is 335 g/mol. The summed E-state index contributed by atoms with van der Waals surface area (Å²) in [4.78, 5) is 14.6. The normalized spacial score (nSPS) is 21.8. The molecular weight excluding hydrogens is 314 g/mol. The van der Waals surface area contributed by atoms with Crippen LogP contribution in [-0.4, -0.2) is 23.9 Å². The highest BCUT2D eigenvalue weighted by atomic mass is 16.5. The molecule has 1 unspecified atom stereocenters. The van der Waals surface area contributed by atoms with Crippen LogP contribution in [0.3, 0.4) is 0 Å². The van der Waals surface area contributed by atoms with Crippen LogP contribution < -0.4 is 15.6 Å². The summed E-state index contributed by atoms with van der Waals surface area (Å²) in [5.74, 6) is 1.52. The second-order valence-corrected chi connectivity index (χ2v) is 7.06. The Kier molecular flexibility index (Phi) is 3.50. The minimum atomic E-state index is -0.107. The Hall–Kier alpha value is -2.37. The van der Waals surface area contributed by atoms with Gasteiger partial charge in [0.05, 0.1) is 6.04 Å². The average Bonchev–Trinajstić information content (AvgIpc) is 2.65. The van der Waals surface area contributed by atoms with E-state index in [9.17, 15) is 4.79 Å². The van der Waals surface area contributed by atoms with Crippen LogP contribution in [0.2, 0.25) is 0 Å². The number of fused-ring (bicyclic) bond motifs is 2. The minimum absolute atomic E-state index is 0.0612. The number of likely N-dealkylation sites (tertiary alicyclic amines) is 1.